The minimum absolute atomic E-state index is 0.173. The molecular formula is C14H11ClN2O2. The smallest absolute Gasteiger partial charge is 0.399 e. The maximum Gasteiger partial charge on any atom is 0.399 e. The van der Waals surface area contributed by atoms with E-state index in [1.165, 1.54) is 6.26 Å². The summed E-state index contributed by atoms with van der Waals surface area (Å²) < 4.78 is 10.8. The summed E-state index contributed by atoms with van der Waals surface area (Å²) in [6, 6.07) is 9.68. The number of aromatic nitrogens is 2. The van der Waals surface area contributed by atoms with Gasteiger partial charge >= 0.3 is 6.08 Å². The number of pyridine rings is 1. The Hall–Kier alpha value is -2.07. The van der Waals surface area contributed by atoms with Crippen LogP contribution in [0.1, 0.15) is 11.4 Å². The summed E-state index contributed by atoms with van der Waals surface area (Å²) in [5.74, 6) is 0.906. The molecule has 2 heterocycles. The maximum absolute atomic E-state index is 5.67. The number of aryl methyl sites for hydroxylation is 1. The van der Waals surface area contributed by atoms with Crippen LogP contribution in [0.5, 0.6) is 11.8 Å². The highest BCUT2D eigenvalue weighted by molar-refractivity contribution is 6.16. The number of alkyl halides is 1. The Kier molecular flexibility index (Phi) is 3.09. The van der Waals surface area contributed by atoms with E-state index in [4.69, 9.17) is 20.8 Å². The van der Waals surface area contributed by atoms with Gasteiger partial charge < -0.3 is 9.15 Å². The highest BCUT2D eigenvalue weighted by Crippen LogP contribution is 2.28. The van der Waals surface area contributed by atoms with Crippen LogP contribution in [0.15, 0.2) is 41.0 Å². The maximum atomic E-state index is 5.67. The third-order valence-corrected chi connectivity index (χ3v) is 2.96. The summed E-state index contributed by atoms with van der Waals surface area (Å²) in [5.41, 5.74) is 2.35. The van der Waals surface area contributed by atoms with E-state index < -0.39 is 0 Å². The zero-order valence-electron chi connectivity index (χ0n) is 10.3. The van der Waals surface area contributed by atoms with Gasteiger partial charge in [0.05, 0.1) is 11.6 Å². The molecule has 0 saturated carbocycles. The largest absolute Gasteiger partial charge is 0.417 e. The predicted octanol–water partition coefficient (Wildman–Crippen LogP) is 4.06. The SMILES string of the molecule is Cc1ccc2cccc(Oc3nc(CCl)co3)c2n1. The van der Waals surface area contributed by atoms with E-state index in [9.17, 15) is 0 Å². The molecular weight excluding hydrogens is 264 g/mol. The quantitative estimate of drug-likeness (QED) is 0.676. The van der Waals surface area contributed by atoms with Crippen LogP contribution in [-0.4, -0.2) is 9.97 Å². The molecule has 1 aromatic carbocycles. The highest BCUT2D eigenvalue weighted by Gasteiger charge is 2.09. The van der Waals surface area contributed by atoms with E-state index in [0.29, 0.717) is 17.3 Å². The van der Waals surface area contributed by atoms with Gasteiger partial charge in [-0.2, -0.15) is 4.98 Å². The number of benzene rings is 1. The van der Waals surface area contributed by atoms with Crippen molar-refractivity contribution in [3.05, 3.63) is 48.0 Å². The summed E-state index contributed by atoms with van der Waals surface area (Å²) in [7, 11) is 0. The molecule has 0 spiro atoms. The van der Waals surface area contributed by atoms with Gasteiger partial charge in [-0.25, -0.2) is 4.98 Å². The van der Waals surface area contributed by atoms with Crippen LogP contribution >= 0.6 is 11.6 Å². The number of hydrogen-bond acceptors (Lipinski definition) is 4. The minimum Gasteiger partial charge on any atom is -0.417 e. The Morgan fingerprint density at radius 1 is 1.21 bits per heavy atom. The first-order valence-electron chi connectivity index (χ1n) is 5.81. The molecule has 0 fully saturated rings. The second-order valence-electron chi connectivity index (χ2n) is 4.12. The standard InChI is InChI=1S/C14H11ClN2O2/c1-9-5-6-10-3-2-4-12(13(10)16-9)19-14-17-11(7-15)8-18-14/h2-6,8H,7H2,1H3. The first-order valence-corrected chi connectivity index (χ1v) is 6.34. The Morgan fingerprint density at radius 2 is 2.11 bits per heavy atom. The van der Waals surface area contributed by atoms with Crippen LogP contribution < -0.4 is 4.74 Å². The average Bonchev–Trinajstić information content (AvgIpc) is 2.87. The molecule has 3 rings (SSSR count). The van der Waals surface area contributed by atoms with E-state index in [1.54, 1.807) is 0 Å². The van der Waals surface area contributed by atoms with Gasteiger partial charge in [-0.3, -0.25) is 0 Å². The van der Waals surface area contributed by atoms with Crippen LogP contribution in [0.2, 0.25) is 0 Å². The van der Waals surface area contributed by atoms with Crippen LogP contribution in [-0.2, 0) is 5.88 Å². The van der Waals surface area contributed by atoms with Crippen LogP contribution in [0.3, 0.4) is 0 Å². The second kappa shape index (κ2) is 4.90. The fourth-order valence-electron chi connectivity index (χ4n) is 1.79. The lowest BCUT2D eigenvalue weighted by atomic mass is 10.2. The predicted molar refractivity (Wildman–Crippen MR) is 72.6 cm³/mol. The molecule has 0 aliphatic heterocycles. The number of fused-ring (bicyclic) bond motifs is 1. The molecule has 0 amide bonds. The van der Waals surface area contributed by atoms with E-state index >= 15 is 0 Å². The van der Waals surface area contributed by atoms with Crippen molar-refractivity contribution in [1.82, 2.24) is 9.97 Å². The van der Waals surface area contributed by atoms with E-state index in [-0.39, 0.29) is 6.08 Å². The van der Waals surface area contributed by atoms with Crippen molar-refractivity contribution in [3.63, 3.8) is 0 Å². The summed E-state index contributed by atoms with van der Waals surface area (Å²) in [6.07, 6.45) is 1.65. The number of nitrogens with zero attached hydrogens (tertiary/aromatic N) is 2. The molecule has 0 radical (unpaired) electrons. The Morgan fingerprint density at radius 3 is 2.89 bits per heavy atom. The molecule has 19 heavy (non-hydrogen) atoms. The second-order valence-corrected chi connectivity index (χ2v) is 4.39. The van der Waals surface area contributed by atoms with Crippen LogP contribution in [0, 0.1) is 6.92 Å². The molecule has 4 nitrogen and oxygen atoms in total. The summed E-state index contributed by atoms with van der Waals surface area (Å²) in [6.45, 7) is 1.94. The monoisotopic (exact) mass is 274 g/mol. The molecule has 2 aromatic heterocycles. The summed E-state index contributed by atoms with van der Waals surface area (Å²) in [5, 5.41) is 1.01. The number of ether oxygens (including phenoxy) is 1. The normalized spacial score (nSPS) is 10.8. The van der Waals surface area contributed by atoms with Crippen molar-refractivity contribution in [2.24, 2.45) is 0 Å². The Balaban J connectivity index is 2.02. The van der Waals surface area contributed by atoms with Crippen molar-refractivity contribution in [1.29, 1.82) is 0 Å². The van der Waals surface area contributed by atoms with E-state index in [0.717, 1.165) is 16.6 Å². The lowest BCUT2D eigenvalue weighted by Gasteiger charge is -2.05. The lowest BCUT2D eigenvalue weighted by molar-refractivity contribution is 0.333. The number of para-hydroxylation sites is 1. The number of halogens is 1. The van der Waals surface area contributed by atoms with Gasteiger partial charge in [-0.1, -0.05) is 18.2 Å². The van der Waals surface area contributed by atoms with Gasteiger partial charge in [-0.05, 0) is 19.1 Å². The van der Waals surface area contributed by atoms with Crippen molar-refractivity contribution in [2.75, 3.05) is 0 Å². The van der Waals surface area contributed by atoms with E-state index in [1.807, 2.05) is 37.3 Å². The molecule has 0 unspecified atom stereocenters. The van der Waals surface area contributed by atoms with Gasteiger partial charge in [0, 0.05) is 11.1 Å². The van der Waals surface area contributed by atoms with Crippen molar-refractivity contribution in [3.8, 4) is 11.8 Å². The molecule has 0 N–H and O–H groups in total. The number of oxazole rings is 1. The zero-order valence-corrected chi connectivity index (χ0v) is 11.0. The minimum atomic E-state index is 0.173. The van der Waals surface area contributed by atoms with Gasteiger partial charge in [0.15, 0.2) is 5.75 Å². The first kappa shape index (κ1) is 12.0. The fourth-order valence-corrected chi connectivity index (χ4v) is 1.91. The summed E-state index contributed by atoms with van der Waals surface area (Å²) >= 11 is 5.67. The zero-order chi connectivity index (χ0) is 13.2. The Labute approximate surface area is 115 Å². The average molecular weight is 275 g/mol. The van der Waals surface area contributed by atoms with Gasteiger partial charge in [0.1, 0.15) is 11.8 Å². The molecule has 0 aliphatic rings. The molecule has 0 atom stereocenters. The number of rotatable bonds is 3. The molecule has 0 aliphatic carbocycles. The molecule has 5 heteroatoms. The molecule has 3 aromatic rings. The highest BCUT2D eigenvalue weighted by atomic mass is 35.5. The van der Waals surface area contributed by atoms with Crippen LogP contribution in [0.25, 0.3) is 10.9 Å². The third kappa shape index (κ3) is 2.39. The van der Waals surface area contributed by atoms with E-state index in [2.05, 4.69) is 9.97 Å². The molecule has 0 saturated heterocycles. The van der Waals surface area contributed by atoms with Crippen molar-refractivity contribution >= 4 is 22.5 Å². The first-order chi connectivity index (χ1) is 9.26. The van der Waals surface area contributed by atoms with Gasteiger partial charge in [-0.15, -0.1) is 11.6 Å². The van der Waals surface area contributed by atoms with Gasteiger partial charge in [0.25, 0.3) is 0 Å². The number of hydrogen-bond donors (Lipinski definition) is 0. The van der Waals surface area contributed by atoms with Crippen LogP contribution in [0.4, 0.5) is 0 Å². The Bertz CT molecular complexity index is 724. The topological polar surface area (TPSA) is 48.2 Å². The molecule has 0 bridgehead atoms. The third-order valence-electron chi connectivity index (χ3n) is 2.69. The fraction of sp³-hybridized carbons (Fsp3) is 0.143. The van der Waals surface area contributed by atoms with Gasteiger partial charge in [0.2, 0.25) is 0 Å². The van der Waals surface area contributed by atoms with Crippen molar-refractivity contribution < 1.29 is 9.15 Å². The summed E-state index contributed by atoms with van der Waals surface area (Å²) in [4.78, 5) is 8.58. The van der Waals surface area contributed by atoms with Crippen molar-refractivity contribution in [2.45, 2.75) is 12.8 Å². The molecule has 96 valence electrons. The lowest BCUT2D eigenvalue weighted by Crippen LogP contribution is -1.90.